The van der Waals surface area contributed by atoms with Gasteiger partial charge in [-0.15, -0.1) is 13.2 Å². The summed E-state index contributed by atoms with van der Waals surface area (Å²) in [5, 5.41) is 8.83. The van der Waals surface area contributed by atoms with Crippen LogP contribution in [0.1, 0.15) is 48.9 Å². The minimum atomic E-state index is -4.75. The summed E-state index contributed by atoms with van der Waals surface area (Å²) in [6.45, 7) is 0.611. The molecule has 3 N–H and O–H groups in total. The van der Waals surface area contributed by atoms with E-state index in [1.807, 2.05) is 30.3 Å². The van der Waals surface area contributed by atoms with Crippen LogP contribution in [-0.4, -0.2) is 37.3 Å². The first-order chi connectivity index (χ1) is 19.7. The monoisotopic (exact) mass is 569 g/mol. The van der Waals surface area contributed by atoms with E-state index in [-0.39, 0.29) is 24.1 Å². The third kappa shape index (κ3) is 10.0. The predicted molar refractivity (Wildman–Crippen MR) is 150 cm³/mol. The number of halogens is 3. The summed E-state index contributed by atoms with van der Waals surface area (Å²) >= 11 is 0. The molecule has 0 saturated heterocycles. The molecule has 41 heavy (non-hydrogen) atoms. The van der Waals surface area contributed by atoms with E-state index < -0.39 is 12.4 Å². The van der Waals surface area contributed by atoms with Crippen LogP contribution < -0.4 is 25.4 Å². The molecular formula is C31H34F3N3O4. The molecular weight excluding hydrogens is 535 g/mol. The van der Waals surface area contributed by atoms with Crippen molar-refractivity contribution in [2.75, 3.05) is 18.4 Å². The number of para-hydroxylation sites is 1. The van der Waals surface area contributed by atoms with Gasteiger partial charge in [0.2, 0.25) is 5.91 Å². The van der Waals surface area contributed by atoms with Gasteiger partial charge in [-0.1, -0.05) is 50.3 Å². The number of rotatable bonds is 12. The number of hydrogen-bond acceptors (Lipinski definition) is 5. The van der Waals surface area contributed by atoms with Crippen LogP contribution in [0.25, 0.3) is 0 Å². The van der Waals surface area contributed by atoms with Crippen LogP contribution in [0.2, 0.25) is 0 Å². The van der Waals surface area contributed by atoms with Gasteiger partial charge in [0.25, 0.3) is 5.91 Å². The Morgan fingerprint density at radius 2 is 1.44 bits per heavy atom. The van der Waals surface area contributed by atoms with E-state index in [1.54, 1.807) is 24.3 Å². The number of carbonyl (C=O) groups is 2. The maximum absolute atomic E-state index is 13.1. The van der Waals surface area contributed by atoms with E-state index in [1.165, 1.54) is 30.7 Å². The minimum absolute atomic E-state index is 0.266. The second kappa shape index (κ2) is 14.4. The van der Waals surface area contributed by atoms with Crippen molar-refractivity contribution < 1.29 is 32.2 Å². The van der Waals surface area contributed by atoms with Crippen LogP contribution >= 0.6 is 0 Å². The lowest BCUT2D eigenvalue weighted by Gasteiger charge is -2.26. The second-order valence-electron chi connectivity index (χ2n) is 10.00. The zero-order chi connectivity index (χ0) is 29.1. The fourth-order valence-electron chi connectivity index (χ4n) is 4.82. The molecule has 2 amide bonds. The zero-order valence-electron chi connectivity index (χ0n) is 22.6. The minimum Gasteiger partial charge on any atom is -0.457 e. The maximum Gasteiger partial charge on any atom is 0.573 e. The molecule has 0 spiro atoms. The predicted octanol–water partition coefficient (Wildman–Crippen LogP) is 6.67. The molecule has 1 aliphatic carbocycles. The van der Waals surface area contributed by atoms with Crippen molar-refractivity contribution in [1.82, 2.24) is 10.6 Å². The fourth-order valence-corrected chi connectivity index (χ4v) is 4.82. The van der Waals surface area contributed by atoms with Crippen LogP contribution in [0.5, 0.6) is 17.2 Å². The van der Waals surface area contributed by atoms with Gasteiger partial charge in [-0.25, -0.2) is 0 Å². The molecule has 4 rings (SSSR count). The lowest BCUT2D eigenvalue weighted by molar-refractivity contribution is -0.274. The van der Waals surface area contributed by atoms with Gasteiger partial charge in [0.15, 0.2) is 0 Å². The molecule has 0 radical (unpaired) electrons. The highest BCUT2D eigenvalue weighted by atomic mass is 19.4. The smallest absolute Gasteiger partial charge is 0.457 e. The van der Waals surface area contributed by atoms with Gasteiger partial charge < -0.3 is 25.4 Å². The van der Waals surface area contributed by atoms with Crippen LogP contribution in [0, 0.1) is 5.92 Å². The second-order valence-corrected chi connectivity index (χ2v) is 10.00. The van der Waals surface area contributed by atoms with Crippen molar-refractivity contribution in [1.29, 1.82) is 0 Å². The Morgan fingerprint density at radius 1 is 0.805 bits per heavy atom. The van der Waals surface area contributed by atoms with E-state index >= 15 is 0 Å². The Balaban J connectivity index is 1.30. The highest BCUT2D eigenvalue weighted by Gasteiger charge is 2.31. The number of carbonyl (C=O) groups excluding carboxylic acids is 2. The number of ether oxygens (including phenoxy) is 2. The largest absolute Gasteiger partial charge is 0.573 e. The highest BCUT2D eigenvalue weighted by Crippen LogP contribution is 2.28. The van der Waals surface area contributed by atoms with Gasteiger partial charge in [0, 0.05) is 24.3 Å². The molecule has 1 unspecified atom stereocenters. The molecule has 1 fully saturated rings. The average molecular weight is 570 g/mol. The van der Waals surface area contributed by atoms with Gasteiger partial charge in [0.05, 0.1) is 0 Å². The van der Waals surface area contributed by atoms with Gasteiger partial charge in [-0.3, -0.25) is 9.59 Å². The Kier molecular flexibility index (Phi) is 10.5. The molecule has 0 aromatic heterocycles. The number of hydrogen-bond donors (Lipinski definition) is 3. The molecule has 0 aliphatic heterocycles. The van der Waals surface area contributed by atoms with Crippen molar-refractivity contribution >= 4 is 17.5 Å². The van der Waals surface area contributed by atoms with Crippen molar-refractivity contribution in [3.8, 4) is 17.2 Å². The molecule has 1 saturated carbocycles. The van der Waals surface area contributed by atoms with Crippen molar-refractivity contribution in [2.24, 2.45) is 5.92 Å². The molecule has 7 nitrogen and oxygen atoms in total. The quantitative estimate of drug-likeness (QED) is 0.212. The molecule has 1 atom stereocenters. The molecule has 3 aromatic carbocycles. The molecule has 1 aliphatic rings. The SMILES string of the molecule is O=C(NC(CC1CCCCC1)C(=O)NCCNc1ccc(OC(F)(F)F)cc1)c1ccc(Oc2ccccc2)cc1. The molecule has 218 valence electrons. The third-order valence-electron chi connectivity index (χ3n) is 6.85. The Labute approximate surface area is 237 Å². The Morgan fingerprint density at radius 3 is 2.10 bits per heavy atom. The van der Waals surface area contributed by atoms with Crippen molar-refractivity contribution in [3.63, 3.8) is 0 Å². The van der Waals surface area contributed by atoms with E-state index in [4.69, 9.17) is 4.74 Å². The van der Waals surface area contributed by atoms with E-state index in [9.17, 15) is 22.8 Å². The topological polar surface area (TPSA) is 88.7 Å². The normalized spacial score (nSPS) is 14.5. The lowest BCUT2D eigenvalue weighted by Crippen LogP contribution is -2.48. The molecule has 0 bridgehead atoms. The standard InChI is InChI=1S/C31H34F3N3O4/c32-31(33,34)41-27-17-13-24(14-18-27)35-19-20-36-30(39)28(21-22-7-3-1-4-8-22)37-29(38)23-11-15-26(16-12-23)40-25-9-5-2-6-10-25/h2,5-6,9-18,22,28,35H,1,3-4,7-8,19-21H2,(H,36,39)(H,37,38). The van der Waals surface area contributed by atoms with Gasteiger partial charge >= 0.3 is 6.36 Å². The molecule has 10 heteroatoms. The number of amides is 2. The van der Waals surface area contributed by atoms with Crippen LogP contribution in [0.15, 0.2) is 78.9 Å². The summed E-state index contributed by atoms with van der Waals surface area (Å²) in [7, 11) is 0. The first-order valence-electron chi connectivity index (χ1n) is 13.8. The zero-order valence-corrected chi connectivity index (χ0v) is 22.6. The van der Waals surface area contributed by atoms with Crippen molar-refractivity contribution in [2.45, 2.75) is 50.9 Å². The third-order valence-corrected chi connectivity index (χ3v) is 6.85. The average Bonchev–Trinajstić information content (AvgIpc) is 2.96. The van der Waals surface area contributed by atoms with Gasteiger partial charge in [0.1, 0.15) is 23.3 Å². The van der Waals surface area contributed by atoms with Crippen molar-refractivity contribution in [3.05, 3.63) is 84.4 Å². The number of alkyl halides is 3. The summed E-state index contributed by atoms with van der Waals surface area (Å²) in [6.07, 6.45) is 1.29. The number of anilines is 1. The molecule has 3 aromatic rings. The summed E-state index contributed by atoms with van der Waals surface area (Å²) in [5.74, 6) is 0.721. The Hall–Kier alpha value is -4.21. The number of nitrogens with one attached hydrogen (secondary N) is 3. The van der Waals surface area contributed by atoms with Gasteiger partial charge in [-0.2, -0.15) is 0 Å². The number of benzene rings is 3. The van der Waals surface area contributed by atoms with E-state index in [0.717, 1.165) is 25.7 Å². The maximum atomic E-state index is 13.1. The van der Waals surface area contributed by atoms with Crippen LogP contribution in [0.4, 0.5) is 18.9 Å². The Bertz CT molecular complexity index is 1250. The summed E-state index contributed by atoms with van der Waals surface area (Å²) in [4.78, 5) is 26.2. The first-order valence-corrected chi connectivity index (χ1v) is 13.8. The first kappa shape index (κ1) is 29.8. The summed E-state index contributed by atoms with van der Waals surface area (Å²) in [5.41, 5.74) is 1.01. The summed E-state index contributed by atoms with van der Waals surface area (Å²) < 4.78 is 46.7. The summed E-state index contributed by atoms with van der Waals surface area (Å²) in [6, 6.07) is 20.7. The lowest BCUT2D eigenvalue weighted by atomic mass is 9.84. The van der Waals surface area contributed by atoms with Crippen LogP contribution in [-0.2, 0) is 4.79 Å². The van der Waals surface area contributed by atoms with E-state index in [0.29, 0.717) is 41.6 Å². The molecule has 0 heterocycles. The van der Waals surface area contributed by atoms with Gasteiger partial charge in [-0.05, 0) is 73.0 Å². The highest BCUT2D eigenvalue weighted by molar-refractivity contribution is 5.97. The van der Waals surface area contributed by atoms with Crippen LogP contribution in [0.3, 0.4) is 0 Å². The van der Waals surface area contributed by atoms with E-state index in [2.05, 4.69) is 20.7 Å². The fraction of sp³-hybridized carbons (Fsp3) is 0.355.